The van der Waals surface area contributed by atoms with Crippen molar-refractivity contribution in [1.29, 1.82) is 0 Å². The van der Waals surface area contributed by atoms with E-state index in [9.17, 15) is 5.11 Å². The Bertz CT molecular complexity index is 981. The number of piperidine rings is 1. The summed E-state index contributed by atoms with van der Waals surface area (Å²) in [7, 11) is 0. The Morgan fingerprint density at radius 2 is 1.65 bits per heavy atom. The molecule has 0 aromatic heterocycles. The highest BCUT2D eigenvalue weighted by atomic mass is 16.5. The second-order valence-electron chi connectivity index (χ2n) is 8.09. The van der Waals surface area contributed by atoms with Gasteiger partial charge in [0.1, 0.15) is 30.5 Å². The minimum atomic E-state index is -0.0312. The van der Waals surface area contributed by atoms with Gasteiger partial charge in [0.2, 0.25) is 0 Å². The summed E-state index contributed by atoms with van der Waals surface area (Å²) in [4.78, 5) is 2.48. The van der Waals surface area contributed by atoms with Crippen LogP contribution in [0.3, 0.4) is 0 Å². The summed E-state index contributed by atoms with van der Waals surface area (Å²) in [5.74, 6) is 1.89. The number of likely N-dealkylation sites (tertiary alicyclic amines) is 1. The molecule has 0 radical (unpaired) electrons. The molecule has 0 amide bonds. The summed E-state index contributed by atoms with van der Waals surface area (Å²) in [6, 6.07) is 17.4. The van der Waals surface area contributed by atoms with Crippen LogP contribution in [0.15, 0.2) is 54.6 Å². The minimum Gasteiger partial charge on any atom is -0.508 e. The molecule has 0 atom stereocenters. The number of aliphatic hydroxyl groups excluding tert-OH is 1. The quantitative estimate of drug-likeness (QED) is 0.537. The van der Waals surface area contributed by atoms with Crippen LogP contribution in [-0.4, -0.2) is 54.6 Å². The van der Waals surface area contributed by atoms with Gasteiger partial charge in [0.25, 0.3) is 0 Å². The lowest BCUT2D eigenvalue weighted by Crippen LogP contribution is -2.33. The van der Waals surface area contributed by atoms with Crippen molar-refractivity contribution in [2.75, 3.05) is 39.5 Å². The molecule has 1 fully saturated rings. The standard InChI is InChI=1S/C26H31NO4/c28-15-17-31-26-11-6-21-19-22(29)7-10-24(21)25(26)18-20-4-8-23(9-5-20)30-16-14-27-12-2-1-3-13-27/h4-11,19,28-29H,1-3,12-18H2. The molecule has 3 aromatic carbocycles. The van der Waals surface area contributed by atoms with Crippen molar-refractivity contribution in [3.05, 3.63) is 65.7 Å². The van der Waals surface area contributed by atoms with Gasteiger partial charge in [-0.15, -0.1) is 0 Å². The van der Waals surface area contributed by atoms with Gasteiger partial charge in [0.15, 0.2) is 0 Å². The zero-order valence-electron chi connectivity index (χ0n) is 17.9. The van der Waals surface area contributed by atoms with Crippen LogP contribution in [0.5, 0.6) is 17.2 Å². The number of hydrogen-bond donors (Lipinski definition) is 2. The average molecular weight is 422 g/mol. The lowest BCUT2D eigenvalue weighted by molar-refractivity contribution is 0.183. The van der Waals surface area contributed by atoms with E-state index in [2.05, 4.69) is 17.0 Å². The molecule has 0 spiro atoms. The van der Waals surface area contributed by atoms with Gasteiger partial charge in [-0.1, -0.05) is 30.7 Å². The zero-order valence-corrected chi connectivity index (χ0v) is 17.9. The van der Waals surface area contributed by atoms with Crippen LogP contribution in [0, 0.1) is 0 Å². The van der Waals surface area contributed by atoms with E-state index in [0.29, 0.717) is 13.0 Å². The maximum atomic E-state index is 9.82. The molecular formula is C26H31NO4. The van der Waals surface area contributed by atoms with Gasteiger partial charge in [-0.3, -0.25) is 4.90 Å². The number of rotatable bonds is 9. The summed E-state index contributed by atoms with van der Waals surface area (Å²) < 4.78 is 11.7. The maximum Gasteiger partial charge on any atom is 0.123 e. The zero-order chi connectivity index (χ0) is 21.5. The van der Waals surface area contributed by atoms with E-state index >= 15 is 0 Å². The summed E-state index contributed by atoms with van der Waals surface area (Å²) in [5.41, 5.74) is 2.20. The number of aromatic hydroxyl groups is 1. The second kappa shape index (κ2) is 10.5. The molecule has 0 aliphatic carbocycles. The highest BCUT2D eigenvalue weighted by Gasteiger charge is 2.12. The summed E-state index contributed by atoms with van der Waals surface area (Å²) in [6.45, 7) is 4.29. The Balaban J connectivity index is 1.45. The molecule has 1 aliphatic rings. The van der Waals surface area contributed by atoms with Crippen LogP contribution in [0.25, 0.3) is 10.8 Å². The Labute approximate surface area is 183 Å². The molecule has 5 nitrogen and oxygen atoms in total. The molecule has 1 aliphatic heterocycles. The minimum absolute atomic E-state index is 0.0312. The van der Waals surface area contributed by atoms with Gasteiger partial charge < -0.3 is 19.7 Å². The van der Waals surface area contributed by atoms with Gasteiger partial charge in [-0.25, -0.2) is 0 Å². The number of hydrogen-bond acceptors (Lipinski definition) is 5. The molecule has 4 rings (SSSR count). The number of benzene rings is 3. The van der Waals surface area contributed by atoms with Crippen LogP contribution in [0.1, 0.15) is 30.4 Å². The molecule has 2 N–H and O–H groups in total. The SMILES string of the molecule is OCCOc1ccc2cc(O)ccc2c1Cc1ccc(OCCN2CCCCC2)cc1. The molecule has 0 saturated carbocycles. The van der Waals surface area contributed by atoms with Crippen molar-refractivity contribution < 1.29 is 19.7 Å². The van der Waals surface area contributed by atoms with Crippen LogP contribution in [-0.2, 0) is 6.42 Å². The third-order valence-electron chi connectivity index (χ3n) is 5.85. The first-order valence-corrected chi connectivity index (χ1v) is 11.2. The number of phenols is 1. The summed E-state index contributed by atoms with van der Waals surface area (Å²) in [5, 5.41) is 21.0. The van der Waals surface area contributed by atoms with E-state index in [-0.39, 0.29) is 19.0 Å². The smallest absolute Gasteiger partial charge is 0.123 e. The Morgan fingerprint density at radius 3 is 2.42 bits per heavy atom. The maximum absolute atomic E-state index is 9.82. The molecule has 0 bridgehead atoms. The highest BCUT2D eigenvalue weighted by molar-refractivity contribution is 5.89. The van der Waals surface area contributed by atoms with E-state index in [1.54, 1.807) is 12.1 Å². The third-order valence-corrected chi connectivity index (χ3v) is 5.85. The van der Waals surface area contributed by atoms with Crippen LogP contribution >= 0.6 is 0 Å². The molecule has 164 valence electrons. The number of phenolic OH excluding ortho intramolecular Hbond substituents is 1. The van der Waals surface area contributed by atoms with E-state index in [0.717, 1.165) is 39.9 Å². The molecule has 5 heteroatoms. The summed E-state index contributed by atoms with van der Waals surface area (Å²) >= 11 is 0. The predicted molar refractivity (Wildman–Crippen MR) is 123 cm³/mol. The van der Waals surface area contributed by atoms with Crippen molar-refractivity contribution in [1.82, 2.24) is 4.90 Å². The number of ether oxygens (including phenoxy) is 2. The van der Waals surface area contributed by atoms with Crippen LogP contribution in [0.2, 0.25) is 0 Å². The Morgan fingerprint density at radius 1 is 0.839 bits per heavy atom. The van der Waals surface area contributed by atoms with E-state index in [1.807, 2.05) is 30.3 Å². The number of fused-ring (bicyclic) bond motifs is 1. The molecule has 0 unspecified atom stereocenters. The van der Waals surface area contributed by atoms with E-state index in [4.69, 9.17) is 14.6 Å². The van der Waals surface area contributed by atoms with Gasteiger partial charge in [-0.2, -0.15) is 0 Å². The van der Waals surface area contributed by atoms with Crippen molar-refractivity contribution in [3.63, 3.8) is 0 Å². The predicted octanol–water partition coefficient (Wildman–Crippen LogP) is 4.37. The Kier molecular flexibility index (Phi) is 7.28. The third kappa shape index (κ3) is 5.69. The van der Waals surface area contributed by atoms with Crippen molar-refractivity contribution in [2.24, 2.45) is 0 Å². The number of aliphatic hydroxyl groups is 1. The lowest BCUT2D eigenvalue weighted by Gasteiger charge is -2.26. The normalized spacial score (nSPS) is 14.6. The molecule has 1 saturated heterocycles. The largest absolute Gasteiger partial charge is 0.508 e. The second-order valence-corrected chi connectivity index (χ2v) is 8.09. The van der Waals surface area contributed by atoms with Gasteiger partial charge in [0.05, 0.1) is 6.61 Å². The van der Waals surface area contributed by atoms with Crippen LogP contribution in [0.4, 0.5) is 0 Å². The monoisotopic (exact) mass is 421 g/mol. The van der Waals surface area contributed by atoms with E-state index < -0.39 is 0 Å². The van der Waals surface area contributed by atoms with E-state index in [1.165, 1.54) is 32.4 Å². The van der Waals surface area contributed by atoms with Crippen LogP contribution < -0.4 is 9.47 Å². The topological polar surface area (TPSA) is 62.2 Å². The molecule has 3 aromatic rings. The van der Waals surface area contributed by atoms with Crippen molar-refractivity contribution in [3.8, 4) is 17.2 Å². The van der Waals surface area contributed by atoms with Crippen molar-refractivity contribution >= 4 is 10.8 Å². The fourth-order valence-corrected chi connectivity index (χ4v) is 4.22. The highest BCUT2D eigenvalue weighted by Crippen LogP contribution is 2.32. The lowest BCUT2D eigenvalue weighted by atomic mass is 9.97. The van der Waals surface area contributed by atoms with Gasteiger partial charge in [0, 0.05) is 18.5 Å². The summed E-state index contributed by atoms with van der Waals surface area (Å²) in [6.07, 6.45) is 4.64. The molecular weight excluding hydrogens is 390 g/mol. The van der Waals surface area contributed by atoms with Gasteiger partial charge in [-0.05, 0) is 72.6 Å². The molecule has 1 heterocycles. The van der Waals surface area contributed by atoms with Gasteiger partial charge >= 0.3 is 0 Å². The average Bonchev–Trinajstić information content (AvgIpc) is 2.80. The first kappa shape index (κ1) is 21.5. The fourth-order valence-electron chi connectivity index (χ4n) is 4.22. The first-order chi connectivity index (χ1) is 15.2. The molecule has 31 heavy (non-hydrogen) atoms. The first-order valence-electron chi connectivity index (χ1n) is 11.2. The fraction of sp³-hybridized carbons (Fsp3) is 0.385. The Hall–Kier alpha value is -2.76. The number of nitrogens with zero attached hydrogens (tertiary/aromatic N) is 1. The van der Waals surface area contributed by atoms with Crippen molar-refractivity contribution in [2.45, 2.75) is 25.7 Å².